The molecule has 0 bridgehead atoms. The number of hydrogen-bond donors (Lipinski definition) is 1. The van der Waals surface area contributed by atoms with Crippen LogP contribution in [0.25, 0.3) is 10.8 Å². The SMILES string of the molecule is COc1ccc(NCc2c(OCc3cccc(F)c3)ccc3ccccc23)cc1. The summed E-state index contributed by atoms with van der Waals surface area (Å²) in [5.74, 6) is 1.35. The van der Waals surface area contributed by atoms with Crippen LogP contribution in [0.5, 0.6) is 11.5 Å². The third-order valence-corrected chi connectivity index (χ3v) is 4.84. The lowest BCUT2D eigenvalue weighted by atomic mass is 10.0. The summed E-state index contributed by atoms with van der Waals surface area (Å²) in [6.07, 6.45) is 0. The Bertz CT molecular complexity index is 1110. The van der Waals surface area contributed by atoms with E-state index in [1.807, 2.05) is 54.6 Å². The van der Waals surface area contributed by atoms with Gasteiger partial charge >= 0.3 is 0 Å². The average Bonchev–Trinajstić information content (AvgIpc) is 2.77. The summed E-state index contributed by atoms with van der Waals surface area (Å²) >= 11 is 0. The fourth-order valence-corrected chi connectivity index (χ4v) is 3.32. The molecular formula is C25H22FNO2. The molecule has 0 unspecified atom stereocenters. The van der Waals surface area contributed by atoms with Gasteiger partial charge in [-0.3, -0.25) is 0 Å². The molecule has 0 fully saturated rings. The molecule has 146 valence electrons. The second-order valence-electron chi connectivity index (χ2n) is 6.76. The summed E-state index contributed by atoms with van der Waals surface area (Å²) < 4.78 is 24.8. The molecule has 0 atom stereocenters. The van der Waals surface area contributed by atoms with Gasteiger partial charge in [0.25, 0.3) is 0 Å². The van der Waals surface area contributed by atoms with Gasteiger partial charge in [0, 0.05) is 17.8 Å². The van der Waals surface area contributed by atoms with Crippen LogP contribution < -0.4 is 14.8 Å². The molecule has 0 radical (unpaired) electrons. The average molecular weight is 387 g/mol. The summed E-state index contributed by atoms with van der Waals surface area (Å²) in [6.45, 7) is 0.914. The smallest absolute Gasteiger partial charge is 0.125 e. The molecule has 4 aromatic rings. The Kier molecular flexibility index (Phi) is 5.61. The van der Waals surface area contributed by atoms with E-state index in [1.54, 1.807) is 13.2 Å². The van der Waals surface area contributed by atoms with Crippen molar-refractivity contribution in [3.05, 3.63) is 102 Å². The Labute approximate surface area is 169 Å². The maximum atomic E-state index is 13.5. The van der Waals surface area contributed by atoms with Crippen LogP contribution in [0.4, 0.5) is 10.1 Å². The third-order valence-electron chi connectivity index (χ3n) is 4.84. The lowest BCUT2D eigenvalue weighted by molar-refractivity contribution is 0.303. The van der Waals surface area contributed by atoms with Crippen LogP contribution in [-0.2, 0) is 13.2 Å². The summed E-state index contributed by atoms with van der Waals surface area (Å²) in [7, 11) is 1.65. The Morgan fingerprint density at radius 1 is 0.862 bits per heavy atom. The van der Waals surface area contributed by atoms with Crippen molar-refractivity contribution in [2.24, 2.45) is 0 Å². The number of methoxy groups -OCH3 is 1. The first kappa shape index (κ1) is 18.8. The molecule has 4 rings (SSSR count). The standard InChI is InChI=1S/C25H22FNO2/c1-28-22-12-10-21(11-13-22)27-16-24-23-8-3-2-6-19(23)9-14-25(24)29-17-18-5-4-7-20(26)15-18/h2-15,27H,16-17H2,1H3. The fourth-order valence-electron chi connectivity index (χ4n) is 3.32. The van der Waals surface area contributed by atoms with E-state index in [-0.39, 0.29) is 5.82 Å². The number of benzene rings is 4. The highest BCUT2D eigenvalue weighted by molar-refractivity contribution is 5.88. The molecule has 4 aromatic carbocycles. The summed E-state index contributed by atoms with van der Waals surface area (Å²) in [4.78, 5) is 0. The molecule has 1 N–H and O–H groups in total. The minimum Gasteiger partial charge on any atom is -0.497 e. The molecule has 0 saturated carbocycles. The zero-order chi connectivity index (χ0) is 20.1. The Balaban J connectivity index is 1.59. The van der Waals surface area contributed by atoms with Gasteiger partial charge in [0.05, 0.1) is 7.11 Å². The molecule has 0 aliphatic carbocycles. The highest BCUT2D eigenvalue weighted by Gasteiger charge is 2.10. The zero-order valence-electron chi connectivity index (χ0n) is 16.2. The van der Waals surface area contributed by atoms with Crippen molar-refractivity contribution in [1.82, 2.24) is 0 Å². The maximum absolute atomic E-state index is 13.5. The fraction of sp³-hybridized carbons (Fsp3) is 0.120. The van der Waals surface area contributed by atoms with E-state index in [4.69, 9.17) is 9.47 Å². The van der Waals surface area contributed by atoms with E-state index in [9.17, 15) is 4.39 Å². The third kappa shape index (κ3) is 4.49. The van der Waals surface area contributed by atoms with Gasteiger partial charge in [-0.2, -0.15) is 0 Å². The number of ether oxygens (including phenoxy) is 2. The van der Waals surface area contributed by atoms with Crippen molar-refractivity contribution in [2.75, 3.05) is 12.4 Å². The Hall–Kier alpha value is -3.53. The molecule has 0 saturated heterocycles. The monoisotopic (exact) mass is 387 g/mol. The van der Waals surface area contributed by atoms with Gasteiger partial charge in [0.1, 0.15) is 23.9 Å². The molecule has 0 aromatic heterocycles. The quantitative estimate of drug-likeness (QED) is 0.411. The molecule has 0 amide bonds. The maximum Gasteiger partial charge on any atom is 0.125 e. The number of anilines is 1. The van der Waals surface area contributed by atoms with Crippen LogP contribution in [0, 0.1) is 5.82 Å². The zero-order valence-corrected chi connectivity index (χ0v) is 16.2. The lowest BCUT2D eigenvalue weighted by Gasteiger charge is -2.16. The molecule has 0 aliphatic rings. The van der Waals surface area contributed by atoms with E-state index < -0.39 is 0 Å². The predicted octanol–water partition coefficient (Wildman–Crippen LogP) is 6.18. The van der Waals surface area contributed by atoms with Crippen LogP contribution in [0.1, 0.15) is 11.1 Å². The number of hydrogen-bond acceptors (Lipinski definition) is 3. The van der Waals surface area contributed by atoms with Crippen LogP contribution in [0.2, 0.25) is 0 Å². The topological polar surface area (TPSA) is 30.5 Å². The van der Waals surface area contributed by atoms with Gasteiger partial charge < -0.3 is 14.8 Å². The minimum absolute atomic E-state index is 0.258. The first-order valence-corrected chi connectivity index (χ1v) is 9.49. The Morgan fingerprint density at radius 2 is 1.69 bits per heavy atom. The van der Waals surface area contributed by atoms with Gasteiger partial charge in [-0.25, -0.2) is 4.39 Å². The molecule has 3 nitrogen and oxygen atoms in total. The van der Waals surface area contributed by atoms with Gasteiger partial charge in [-0.05, 0) is 58.8 Å². The number of nitrogens with one attached hydrogen (secondary N) is 1. The number of rotatable bonds is 7. The predicted molar refractivity (Wildman–Crippen MR) is 115 cm³/mol. The molecular weight excluding hydrogens is 365 g/mol. The van der Waals surface area contributed by atoms with E-state index in [1.165, 1.54) is 12.1 Å². The highest BCUT2D eigenvalue weighted by Crippen LogP contribution is 2.30. The van der Waals surface area contributed by atoms with Crippen molar-refractivity contribution in [3.63, 3.8) is 0 Å². The van der Waals surface area contributed by atoms with Gasteiger partial charge in [-0.1, -0.05) is 42.5 Å². The van der Waals surface area contributed by atoms with E-state index in [0.717, 1.165) is 39.1 Å². The molecule has 4 heteroatoms. The number of fused-ring (bicyclic) bond motifs is 1. The van der Waals surface area contributed by atoms with E-state index in [0.29, 0.717) is 13.2 Å². The van der Waals surface area contributed by atoms with Crippen molar-refractivity contribution < 1.29 is 13.9 Å². The second-order valence-corrected chi connectivity index (χ2v) is 6.76. The second kappa shape index (κ2) is 8.65. The van der Waals surface area contributed by atoms with Crippen molar-refractivity contribution in [2.45, 2.75) is 13.2 Å². The van der Waals surface area contributed by atoms with E-state index in [2.05, 4.69) is 17.4 Å². The number of halogens is 1. The van der Waals surface area contributed by atoms with Gasteiger partial charge in [0.15, 0.2) is 0 Å². The van der Waals surface area contributed by atoms with Crippen LogP contribution in [-0.4, -0.2) is 7.11 Å². The van der Waals surface area contributed by atoms with Crippen molar-refractivity contribution in [1.29, 1.82) is 0 Å². The lowest BCUT2D eigenvalue weighted by Crippen LogP contribution is -2.05. The highest BCUT2D eigenvalue weighted by atomic mass is 19.1. The first-order chi connectivity index (χ1) is 14.2. The molecule has 29 heavy (non-hydrogen) atoms. The largest absolute Gasteiger partial charge is 0.497 e. The van der Waals surface area contributed by atoms with Crippen molar-refractivity contribution in [3.8, 4) is 11.5 Å². The van der Waals surface area contributed by atoms with Crippen LogP contribution in [0.3, 0.4) is 0 Å². The van der Waals surface area contributed by atoms with Gasteiger partial charge in [0.2, 0.25) is 0 Å². The first-order valence-electron chi connectivity index (χ1n) is 9.49. The van der Waals surface area contributed by atoms with Crippen molar-refractivity contribution >= 4 is 16.5 Å². The normalized spacial score (nSPS) is 10.7. The van der Waals surface area contributed by atoms with E-state index >= 15 is 0 Å². The molecule has 0 spiro atoms. The molecule has 0 heterocycles. The minimum atomic E-state index is -0.258. The van der Waals surface area contributed by atoms with Crippen LogP contribution in [0.15, 0.2) is 84.9 Å². The summed E-state index contributed by atoms with van der Waals surface area (Å²) in [5.41, 5.74) is 2.86. The summed E-state index contributed by atoms with van der Waals surface area (Å²) in [6, 6.07) is 26.6. The summed E-state index contributed by atoms with van der Waals surface area (Å²) in [5, 5.41) is 5.74. The van der Waals surface area contributed by atoms with Gasteiger partial charge in [-0.15, -0.1) is 0 Å². The molecule has 0 aliphatic heterocycles. The van der Waals surface area contributed by atoms with Crippen LogP contribution >= 0.6 is 0 Å². The Morgan fingerprint density at radius 3 is 2.48 bits per heavy atom.